The van der Waals surface area contributed by atoms with Gasteiger partial charge in [-0.15, -0.1) is 0 Å². The molecule has 1 aliphatic rings. The molecule has 0 atom stereocenters. The third kappa shape index (κ3) is 4.30. The summed E-state index contributed by atoms with van der Waals surface area (Å²) in [6.45, 7) is 2.90. The molecule has 2 aromatic rings. The number of carbonyl (C=O) groups excluding carboxylic acids is 3. The molecule has 28 heavy (non-hydrogen) atoms. The molecule has 1 fully saturated rings. The van der Waals surface area contributed by atoms with Crippen LogP contribution in [0.3, 0.4) is 0 Å². The number of piperazine rings is 1. The lowest BCUT2D eigenvalue weighted by molar-refractivity contribution is -0.140. The Kier molecular flexibility index (Phi) is 5.93. The second-order valence-corrected chi connectivity index (χ2v) is 6.29. The highest BCUT2D eigenvalue weighted by Crippen LogP contribution is 2.20. The predicted octanol–water partition coefficient (Wildman–Crippen LogP) is 0.728. The Morgan fingerprint density at radius 3 is 2.29 bits per heavy atom. The fourth-order valence-electron chi connectivity index (χ4n) is 2.92. The van der Waals surface area contributed by atoms with Crippen molar-refractivity contribution >= 4 is 17.8 Å². The molecule has 0 N–H and O–H groups in total. The Hall–Kier alpha value is -3.36. The van der Waals surface area contributed by atoms with E-state index in [-0.39, 0.29) is 29.9 Å². The van der Waals surface area contributed by atoms with Gasteiger partial charge in [-0.1, -0.05) is 18.2 Å². The number of methoxy groups -OCH3 is 1. The van der Waals surface area contributed by atoms with E-state index in [0.29, 0.717) is 26.2 Å². The van der Waals surface area contributed by atoms with Crippen LogP contribution in [0.5, 0.6) is 5.75 Å². The molecule has 1 saturated heterocycles. The van der Waals surface area contributed by atoms with Gasteiger partial charge in [0.1, 0.15) is 0 Å². The number of hydrogen-bond donors (Lipinski definition) is 0. The smallest absolute Gasteiger partial charge is 0.363 e. The summed E-state index contributed by atoms with van der Waals surface area (Å²) in [7, 11) is 1.43. The van der Waals surface area contributed by atoms with E-state index in [0.717, 1.165) is 5.69 Å². The molecular formula is C19H22N4O5. The molecular weight excluding hydrogens is 364 g/mol. The Labute approximate surface area is 162 Å². The van der Waals surface area contributed by atoms with Crippen molar-refractivity contribution in [3.05, 3.63) is 42.2 Å². The van der Waals surface area contributed by atoms with Crippen molar-refractivity contribution in [3.63, 3.8) is 0 Å². The largest absolute Gasteiger partial charge is 0.493 e. The third-order valence-electron chi connectivity index (χ3n) is 4.52. The van der Waals surface area contributed by atoms with E-state index in [1.807, 2.05) is 30.3 Å². The first-order chi connectivity index (χ1) is 13.5. The number of aromatic nitrogens is 2. The second kappa shape index (κ2) is 8.55. The Bertz CT molecular complexity index is 856. The van der Waals surface area contributed by atoms with E-state index in [2.05, 4.69) is 5.10 Å². The van der Waals surface area contributed by atoms with Crippen LogP contribution in [-0.4, -0.2) is 77.3 Å². The van der Waals surface area contributed by atoms with Crippen LogP contribution in [0.1, 0.15) is 17.4 Å². The number of ether oxygens (including phenoxy) is 2. The second-order valence-electron chi connectivity index (χ2n) is 6.29. The van der Waals surface area contributed by atoms with Crippen LogP contribution < -0.4 is 4.74 Å². The zero-order valence-electron chi connectivity index (χ0n) is 15.8. The Balaban J connectivity index is 1.60. The van der Waals surface area contributed by atoms with Crippen molar-refractivity contribution < 1.29 is 23.9 Å². The van der Waals surface area contributed by atoms with Crippen molar-refractivity contribution in [2.75, 3.05) is 39.9 Å². The average Bonchev–Trinajstić information content (AvgIpc) is 3.17. The number of rotatable bonds is 5. The number of carbonyl (C=O) groups is 3. The van der Waals surface area contributed by atoms with E-state index < -0.39 is 5.97 Å². The summed E-state index contributed by atoms with van der Waals surface area (Å²) < 4.78 is 11.9. The molecule has 1 aromatic carbocycles. The van der Waals surface area contributed by atoms with Crippen LogP contribution in [0.15, 0.2) is 36.5 Å². The zero-order chi connectivity index (χ0) is 20.1. The molecule has 148 valence electrons. The molecule has 2 amide bonds. The van der Waals surface area contributed by atoms with Gasteiger partial charge in [0.25, 0.3) is 5.91 Å². The van der Waals surface area contributed by atoms with Gasteiger partial charge in [-0.3, -0.25) is 9.59 Å². The van der Waals surface area contributed by atoms with Gasteiger partial charge in [-0.05, 0) is 12.1 Å². The molecule has 3 rings (SSSR count). The first-order valence-corrected chi connectivity index (χ1v) is 8.89. The summed E-state index contributed by atoms with van der Waals surface area (Å²) >= 11 is 0. The lowest BCUT2D eigenvalue weighted by Crippen LogP contribution is -2.51. The minimum Gasteiger partial charge on any atom is -0.493 e. The Morgan fingerprint density at radius 2 is 1.68 bits per heavy atom. The van der Waals surface area contributed by atoms with E-state index in [9.17, 15) is 14.4 Å². The maximum Gasteiger partial charge on any atom is 0.363 e. The van der Waals surface area contributed by atoms with Gasteiger partial charge in [0.15, 0.2) is 12.4 Å². The summed E-state index contributed by atoms with van der Waals surface area (Å²) in [6.07, 6.45) is 1.58. The Morgan fingerprint density at radius 1 is 1.04 bits per heavy atom. The highest BCUT2D eigenvalue weighted by Gasteiger charge is 2.25. The number of esters is 1. The molecule has 0 unspecified atom stereocenters. The summed E-state index contributed by atoms with van der Waals surface area (Å²) in [5.74, 6) is -0.795. The molecule has 1 aliphatic heterocycles. The zero-order valence-corrected chi connectivity index (χ0v) is 15.8. The molecule has 0 saturated carbocycles. The highest BCUT2D eigenvalue weighted by atomic mass is 16.5. The molecule has 0 bridgehead atoms. The van der Waals surface area contributed by atoms with Crippen LogP contribution in [0.2, 0.25) is 0 Å². The van der Waals surface area contributed by atoms with Crippen molar-refractivity contribution in [2.45, 2.75) is 6.92 Å². The SMILES string of the molecule is COc1cn(-c2ccccc2)nc1C(=O)OCC(=O)N1CCN(C(C)=O)CC1. The first kappa shape index (κ1) is 19.4. The average molecular weight is 386 g/mol. The topological polar surface area (TPSA) is 94.0 Å². The van der Waals surface area contributed by atoms with Gasteiger partial charge in [0.2, 0.25) is 11.6 Å². The normalized spacial score (nSPS) is 13.9. The van der Waals surface area contributed by atoms with E-state index in [1.54, 1.807) is 16.0 Å². The van der Waals surface area contributed by atoms with Gasteiger partial charge >= 0.3 is 5.97 Å². The number of benzene rings is 1. The van der Waals surface area contributed by atoms with E-state index in [1.165, 1.54) is 18.7 Å². The maximum absolute atomic E-state index is 12.4. The molecule has 9 nitrogen and oxygen atoms in total. The number of amides is 2. The quantitative estimate of drug-likeness (QED) is 0.703. The van der Waals surface area contributed by atoms with E-state index in [4.69, 9.17) is 9.47 Å². The van der Waals surface area contributed by atoms with Gasteiger partial charge in [0.05, 0.1) is 19.0 Å². The molecule has 0 radical (unpaired) electrons. The summed E-state index contributed by atoms with van der Waals surface area (Å²) in [5.41, 5.74) is 0.764. The van der Waals surface area contributed by atoms with Crippen LogP contribution in [-0.2, 0) is 14.3 Å². The lowest BCUT2D eigenvalue weighted by Gasteiger charge is -2.34. The first-order valence-electron chi connectivity index (χ1n) is 8.89. The number of para-hydroxylation sites is 1. The van der Waals surface area contributed by atoms with Crippen molar-refractivity contribution in [3.8, 4) is 11.4 Å². The van der Waals surface area contributed by atoms with Crippen LogP contribution in [0.25, 0.3) is 5.69 Å². The van der Waals surface area contributed by atoms with Gasteiger partial charge < -0.3 is 19.3 Å². The minimum absolute atomic E-state index is 0.000511. The molecule has 0 aliphatic carbocycles. The highest BCUT2D eigenvalue weighted by molar-refractivity contribution is 5.92. The van der Waals surface area contributed by atoms with Crippen LogP contribution in [0, 0.1) is 0 Å². The van der Waals surface area contributed by atoms with Gasteiger partial charge in [-0.25, -0.2) is 9.48 Å². The molecule has 9 heteroatoms. The predicted molar refractivity (Wildman–Crippen MR) is 99.2 cm³/mol. The molecule has 0 spiro atoms. The summed E-state index contributed by atoms with van der Waals surface area (Å²) in [5, 5.41) is 4.22. The summed E-state index contributed by atoms with van der Waals surface area (Å²) in [4.78, 5) is 39.3. The number of nitrogens with zero attached hydrogens (tertiary/aromatic N) is 4. The fourth-order valence-corrected chi connectivity index (χ4v) is 2.92. The van der Waals surface area contributed by atoms with E-state index >= 15 is 0 Å². The standard InChI is InChI=1S/C19H22N4O5/c1-14(24)21-8-10-22(11-9-21)17(25)13-28-19(26)18-16(27-2)12-23(20-18)15-6-4-3-5-7-15/h3-7,12H,8-11,13H2,1-2H3. The summed E-state index contributed by atoms with van der Waals surface area (Å²) in [6, 6.07) is 9.26. The third-order valence-corrected chi connectivity index (χ3v) is 4.52. The van der Waals surface area contributed by atoms with Gasteiger partial charge in [-0.2, -0.15) is 5.10 Å². The maximum atomic E-state index is 12.4. The van der Waals surface area contributed by atoms with Crippen molar-refractivity contribution in [1.29, 1.82) is 0 Å². The van der Waals surface area contributed by atoms with Crippen molar-refractivity contribution in [1.82, 2.24) is 19.6 Å². The van der Waals surface area contributed by atoms with Crippen molar-refractivity contribution in [2.24, 2.45) is 0 Å². The minimum atomic E-state index is -0.734. The lowest BCUT2D eigenvalue weighted by atomic mass is 10.3. The molecule has 1 aromatic heterocycles. The fraction of sp³-hybridized carbons (Fsp3) is 0.368. The van der Waals surface area contributed by atoms with Crippen LogP contribution in [0.4, 0.5) is 0 Å². The number of hydrogen-bond acceptors (Lipinski definition) is 6. The monoisotopic (exact) mass is 386 g/mol. The van der Waals surface area contributed by atoms with Gasteiger partial charge in [0, 0.05) is 33.1 Å². The van der Waals surface area contributed by atoms with Crippen LogP contribution >= 0.6 is 0 Å². The molecule has 2 heterocycles.